The van der Waals surface area contributed by atoms with Gasteiger partial charge in [0.05, 0.1) is 16.7 Å². The fraction of sp³-hybridized carbons (Fsp3) is 0.250. The van der Waals surface area contributed by atoms with Gasteiger partial charge in [-0.15, -0.1) is 0 Å². The molecule has 2 aromatic carbocycles. The van der Waals surface area contributed by atoms with Gasteiger partial charge in [-0.05, 0) is 36.5 Å². The van der Waals surface area contributed by atoms with Crippen molar-refractivity contribution < 1.29 is 9.72 Å². The van der Waals surface area contributed by atoms with Gasteiger partial charge >= 0.3 is 0 Å². The third-order valence-corrected chi connectivity index (χ3v) is 5.80. The van der Waals surface area contributed by atoms with E-state index in [2.05, 4.69) is 46.4 Å². The third kappa shape index (κ3) is 4.57. The minimum atomic E-state index is -0.471. The van der Waals surface area contributed by atoms with Gasteiger partial charge in [0.1, 0.15) is 12.0 Å². The summed E-state index contributed by atoms with van der Waals surface area (Å²) in [4.78, 5) is 32.4. The number of non-ortho nitro benzene ring substituents is 1. The first-order valence-corrected chi connectivity index (χ1v) is 10.7. The topological polar surface area (TPSA) is 115 Å². The Kier molecular flexibility index (Phi) is 6.12. The standard InChI is InChI=1S/C24H24N6O3/c1-4-15(2)17-8-10-18(11-9-17)16(3)27-23(31)22-13-21(28-24-25-14-26-29(22)24)19-6-5-7-20(12-19)30(32)33/h5-16H,4H2,1-3H3,(H,27,31). The van der Waals surface area contributed by atoms with Gasteiger partial charge in [-0.25, -0.2) is 4.98 Å². The molecular weight excluding hydrogens is 420 g/mol. The molecule has 0 aliphatic carbocycles. The number of nitrogens with zero attached hydrogens (tertiary/aromatic N) is 5. The third-order valence-electron chi connectivity index (χ3n) is 5.80. The Bertz CT molecular complexity index is 1320. The lowest BCUT2D eigenvalue weighted by Crippen LogP contribution is -2.28. The van der Waals surface area contributed by atoms with Crippen LogP contribution in [0.2, 0.25) is 0 Å². The van der Waals surface area contributed by atoms with E-state index in [0.717, 1.165) is 12.0 Å². The molecule has 0 aliphatic heterocycles. The van der Waals surface area contributed by atoms with Crippen LogP contribution in [0.15, 0.2) is 60.9 Å². The summed E-state index contributed by atoms with van der Waals surface area (Å²) in [6, 6.07) is 15.7. The monoisotopic (exact) mass is 444 g/mol. The molecule has 33 heavy (non-hydrogen) atoms. The van der Waals surface area contributed by atoms with Crippen LogP contribution in [0.1, 0.15) is 60.8 Å². The van der Waals surface area contributed by atoms with Crippen molar-refractivity contribution in [2.45, 2.75) is 39.2 Å². The predicted octanol–water partition coefficient (Wildman–Crippen LogP) is 4.70. The highest BCUT2D eigenvalue weighted by Crippen LogP contribution is 2.25. The van der Waals surface area contributed by atoms with Crippen molar-refractivity contribution in [1.29, 1.82) is 0 Å². The Morgan fingerprint density at radius 1 is 1.12 bits per heavy atom. The average Bonchev–Trinajstić information content (AvgIpc) is 3.31. The smallest absolute Gasteiger partial charge is 0.270 e. The lowest BCUT2D eigenvalue weighted by Gasteiger charge is -2.16. The molecule has 2 aromatic heterocycles. The Morgan fingerprint density at radius 3 is 2.55 bits per heavy atom. The van der Waals surface area contributed by atoms with Crippen molar-refractivity contribution in [2.75, 3.05) is 0 Å². The number of hydrogen-bond acceptors (Lipinski definition) is 6. The Morgan fingerprint density at radius 2 is 1.85 bits per heavy atom. The number of amides is 1. The first kappa shape index (κ1) is 22.1. The van der Waals surface area contributed by atoms with E-state index < -0.39 is 4.92 Å². The summed E-state index contributed by atoms with van der Waals surface area (Å²) in [5.41, 5.74) is 3.34. The molecule has 168 valence electrons. The highest BCUT2D eigenvalue weighted by molar-refractivity contribution is 5.94. The van der Waals surface area contributed by atoms with E-state index in [1.54, 1.807) is 18.2 Å². The van der Waals surface area contributed by atoms with Gasteiger partial charge in [0.25, 0.3) is 17.4 Å². The summed E-state index contributed by atoms with van der Waals surface area (Å²) in [5, 5.41) is 18.3. The molecule has 0 bridgehead atoms. The molecule has 1 amide bonds. The number of carbonyl (C=O) groups excluding carboxylic acids is 1. The molecule has 0 saturated heterocycles. The summed E-state index contributed by atoms with van der Waals surface area (Å²) in [6.07, 6.45) is 2.38. The van der Waals surface area contributed by atoms with Gasteiger partial charge in [0.2, 0.25) is 0 Å². The number of aromatic nitrogens is 4. The highest BCUT2D eigenvalue weighted by atomic mass is 16.6. The second-order valence-corrected chi connectivity index (χ2v) is 7.98. The Balaban J connectivity index is 1.63. The molecule has 2 atom stereocenters. The van der Waals surface area contributed by atoms with E-state index in [0.29, 0.717) is 17.2 Å². The molecule has 4 aromatic rings. The van der Waals surface area contributed by atoms with E-state index in [-0.39, 0.29) is 29.1 Å². The number of nitro benzene ring substituents is 1. The molecule has 2 unspecified atom stereocenters. The van der Waals surface area contributed by atoms with Gasteiger partial charge in [0, 0.05) is 17.7 Å². The fourth-order valence-electron chi connectivity index (χ4n) is 3.60. The number of benzene rings is 2. The van der Waals surface area contributed by atoms with Crippen LogP contribution in [-0.2, 0) is 0 Å². The Labute approximate surface area is 190 Å². The van der Waals surface area contributed by atoms with Gasteiger partial charge in [-0.1, -0.05) is 50.2 Å². The number of nitro groups is 1. The largest absolute Gasteiger partial charge is 0.344 e. The van der Waals surface area contributed by atoms with Crippen LogP contribution in [0.4, 0.5) is 5.69 Å². The zero-order valence-electron chi connectivity index (χ0n) is 18.6. The van der Waals surface area contributed by atoms with Crippen LogP contribution >= 0.6 is 0 Å². The van der Waals surface area contributed by atoms with Gasteiger partial charge < -0.3 is 5.32 Å². The molecule has 0 spiro atoms. The molecule has 4 rings (SSSR count). The highest BCUT2D eigenvalue weighted by Gasteiger charge is 2.19. The lowest BCUT2D eigenvalue weighted by molar-refractivity contribution is -0.384. The second-order valence-electron chi connectivity index (χ2n) is 7.98. The van der Waals surface area contributed by atoms with Crippen LogP contribution in [-0.4, -0.2) is 30.4 Å². The molecule has 0 aliphatic rings. The maximum Gasteiger partial charge on any atom is 0.270 e. The van der Waals surface area contributed by atoms with E-state index in [4.69, 9.17) is 0 Å². The molecule has 2 heterocycles. The van der Waals surface area contributed by atoms with Crippen molar-refractivity contribution in [3.05, 3.63) is 87.9 Å². The van der Waals surface area contributed by atoms with Crippen molar-refractivity contribution in [1.82, 2.24) is 24.9 Å². The van der Waals surface area contributed by atoms with Crippen LogP contribution in [0.25, 0.3) is 17.0 Å². The molecular formula is C24H24N6O3. The first-order chi connectivity index (χ1) is 15.9. The van der Waals surface area contributed by atoms with Crippen molar-refractivity contribution in [3.8, 4) is 11.3 Å². The summed E-state index contributed by atoms with van der Waals surface area (Å²) in [6.45, 7) is 6.26. The average molecular weight is 444 g/mol. The minimum Gasteiger partial charge on any atom is -0.344 e. The summed E-state index contributed by atoms with van der Waals surface area (Å²) < 4.78 is 1.36. The Hall–Kier alpha value is -4.14. The van der Waals surface area contributed by atoms with E-state index >= 15 is 0 Å². The number of rotatable bonds is 7. The molecule has 0 fully saturated rings. The predicted molar refractivity (Wildman–Crippen MR) is 124 cm³/mol. The quantitative estimate of drug-likeness (QED) is 0.326. The molecule has 9 nitrogen and oxygen atoms in total. The molecule has 9 heteroatoms. The number of carbonyl (C=O) groups is 1. The fourth-order valence-corrected chi connectivity index (χ4v) is 3.60. The normalized spacial score (nSPS) is 12.9. The molecule has 1 N–H and O–H groups in total. The van der Waals surface area contributed by atoms with Crippen molar-refractivity contribution in [2.24, 2.45) is 0 Å². The van der Waals surface area contributed by atoms with E-state index in [1.807, 2.05) is 19.1 Å². The summed E-state index contributed by atoms with van der Waals surface area (Å²) >= 11 is 0. The lowest BCUT2D eigenvalue weighted by atomic mass is 9.96. The maximum absolute atomic E-state index is 13.2. The van der Waals surface area contributed by atoms with Crippen LogP contribution in [0.5, 0.6) is 0 Å². The minimum absolute atomic E-state index is 0.0592. The van der Waals surface area contributed by atoms with E-state index in [1.165, 1.54) is 28.5 Å². The molecule has 0 radical (unpaired) electrons. The van der Waals surface area contributed by atoms with E-state index in [9.17, 15) is 14.9 Å². The number of hydrogen-bond donors (Lipinski definition) is 1. The first-order valence-electron chi connectivity index (χ1n) is 10.7. The van der Waals surface area contributed by atoms with Crippen LogP contribution in [0, 0.1) is 10.1 Å². The number of nitrogens with one attached hydrogen (secondary N) is 1. The van der Waals surface area contributed by atoms with Gasteiger partial charge in [-0.3, -0.25) is 14.9 Å². The van der Waals surface area contributed by atoms with Crippen LogP contribution < -0.4 is 5.32 Å². The zero-order valence-corrected chi connectivity index (χ0v) is 18.6. The summed E-state index contributed by atoms with van der Waals surface area (Å²) in [5.74, 6) is 0.362. The van der Waals surface area contributed by atoms with Gasteiger partial charge in [0.15, 0.2) is 0 Å². The van der Waals surface area contributed by atoms with Gasteiger partial charge in [-0.2, -0.15) is 14.6 Å². The maximum atomic E-state index is 13.2. The summed E-state index contributed by atoms with van der Waals surface area (Å²) in [7, 11) is 0. The second kappa shape index (κ2) is 9.15. The van der Waals surface area contributed by atoms with Crippen LogP contribution in [0.3, 0.4) is 0 Å². The van der Waals surface area contributed by atoms with Crippen molar-refractivity contribution >= 4 is 17.4 Å². The zero-order chi connectivity index (χ0) is 23.5. The van der Waals surface area contributed by atoms with Crippen molar-refractivity contribution in [3.63, 3.8) is 0 Å². The SMILES string of the molecule is CCC(C)c1ccc(C(C)NC(=O)c2cc(-c3cccc([N+](=O)[O-])c3)nc3ncnn23)cc1. The number of fused-ring (bicyclic) bond motifs is 1. The molecule has 0 saturated carbocycles.